The zero-order valence-electron chi connectivity index (χ0n) is 9.92. The third-order valence-corrected chi connectivity index (χ3v) is 4.78. The maximum atomic E-state index is 5.94. The van der Waals surface area contributed by atoms with E-state index in [1.807, 2.05) is 0 Å². The number of nitrogens with one attached hydrogen (secondary N) is 1. The Morgan fingerprint density at radius 1 is 1.35 bits per heavy atom. The Morgan fingerprint density at radius 3 is 2.71 bits per heavy atom. The lowest BCUT2D eigenvalue weighted by Crippen LogP contribution is -2.26. The highest BCUT2D eigenvalue weighted by atomic mass is 79.9. The molecule has 0 aliphatic heterocycles. The maximum Gasteiger partial charge on any atom is 0.148 e. The molecule has 0 spiro atoms. The van der Waals surface area contributed by atoms with Gasteiger partial charge >= 0.3 is 0 Å². The molecule has 0 unspecified atom stereocenters. The molecule has 3 nitrogen and oxygen atoms in total. The Morgan fingerprint density at radius 2 is 2.06 bits per heavy atom. The van der Waals surface area contributed by atoms with Crippen molar-refractivity contribution < 1.29 is 0 Å². The standard InChI is InChI=1S/C12H17BrClN3/c1-2-8-3-5-9(6-4-8)17-12-10(13)11(14)15-7-16-12/h7-9H,2-6H2,1H3,(H,15,16,17). The predicted molar refractivity (Wildman–Crippen MR) is 74.4 cm³/mol. The SMILES string of the molecule is CCC1CCC(Nc2ncnc(Cl)c2Br)CC1. The van der Waals surface area contributed by atoms with Crippen molar-refractivity contribution in [2.45, 2.75) is 45.1 Å². The summed E-state index contributed by atoms with van der Waals surface area (Å²) in [6.45, 7) is 2.28. The Bertz CT molecular complexity index is 378. The van der Waals surface area contributed by atoms with Crippen LogP contribution in [0, 0.1) is 5.92 Å². The van der Waals surface area contributed by atoms with Gasteiger partial charge in [-0.15, -0.1) is 0 Å². The average molecular weight is 319 g/mol. The molecule has 5 heteroatoms. The van der Waals surface area contributed by atoms with Crippen molar-refractivity contribution >= 4 is 33.3 Å². The molecular formula is C12H17BrClN3. The van der Waals surface area contributed by atoms with Crippen LogP contribution in [0.1, 0.15) is 39.0 Å². The molecule has 0 bridgehead atoms. The minimum absolute atomic E-state index is 0.463. The highest BCUT2D eigenvalue weighted by Crippen LogP contribution is 2.31. The first kappa shape index (κ1) is 13.1. The first-order valence-electron chi connectivity index (χ1n) is 6.13. The van der Waals surface area contributed by atoms with E-state index >= 15 is 0 Å². The van der Waals surface area contributed by atoms with Crippen LogP contribution in [0.2, 0.25) is 5.15 Å². The molecule has 0 aromatic carbocycles. The molecule has 0 amide bonds. The Kier molecular flexibility index (Phi) is 4.62. The van der Waals surface area contributed by atoms with Gasteiger partial charge in [-0.3, -0.25) is 0 Å². The third-order valence-electron chi connectivity index (χ3n) is 3.51. The molecule has 1 N–H and O–H groups in total. The van der Waals surface area contributed by atoms with E-state index in [1.54, 1.807) is 0 Å². The molecule has 1 aromatic heterocycles. The van der Waals surface area contributed by atoms with Crippen LogP contribution in [0.25, 0.3) is 0 Å². The summed E-state index contributed by atoms with van der Waals surface area (Å²) in [6.07, 6.45) is 7.84. The Labute approximate surface area is 116 Å². The molecule has 1 fully saturated rings. The van der Waals surface area contributed by atoms with Crippen LogP contribution in [0.15, 0.2) is 10.8 Å². The van der Waals surface area contributed by atoms with Crippen LogP contribution in [0.3, 0.4) is 0 Å². The Balaban J connectivity index is 1.95. The molecule has 0 saturated heterocycles. The molecule has 2 rings (SSSR count). The van der Waals surface area contributed by atoms with E-state index in [0.29, 0.717) is 11.2 Å². The number of aromatic nitrogens is 2. The van der Waals surface area contributed by atoms with Gasteiger partial charge in [0.1, 0.15) is 17.3 Å². The highest BCUT2D eigenvalue weighted by Gasteiger charge is 2.21. The second-order valence-corrected chi connectivity index (χ2v) is 5.75. The fourth-order valence-corrected chi connectivity index (χ4v) is 2.81. The minimum Gasteiger partial charge on any atom is -0.366 e. The van der Waals surface area contributed by atoms with E-state index in [9.17, 15) is 0 Å². The van der Waals surface area contributed by atoms with E-state index in [1.165, 1.54) is 38.4 Å². The van der Waals surface area contributed by atoms with E-state index in [2.05, 4.69) is 38.1 Å². The van der Waals surface area contributed by atoms with Crippen LogP contribution < -0.4 is 5.32 Å². The van der Waals surface area contributed by atoms with Crippen LogP contribution in [0.4, 0.5) is 5.82 Å². The zero-order valence-corrected chi connectivity index (χ0v) is 12.3. The molecule has 1 aromatic rings. The number of halogens is 2. The number of rotatable bonds is 3. The molecule has 94 valence electrons. The van der Waals surface area contributed by atoms with Gasteiger partial charge in [0, 0.05) is 6.04 Å². The summed E-state index contributed by atoms with van der Waals surface area (Å²) in [5.41, 5.74) is 0. The van der Waals surface area contributed by atoms with Gasteiger partial charge in [-0.25, -0.2) is 9.97 Å². The van der Waals surface area contributed by atoms with E-state index < -0.39 is 0 Å². The first-order chi connectivity index (χ1) is 8.20. The molecule has 1 aliphatic carbocycles. The van der Waals surface area contributed by atoms with E-state index in [4.69, 9.17) is 11.6 Å². The predicted octanol–water partition coefficient (Wildman–Crippen LogP) is 4.27. The van der Waals surface area contributed by atoms with E-state index in [-0.39, 0.29) is 0 Å². The minimum atomic E-state index is 0.463. The smallest absolute Gasteiger partial charge is 0.148 e. The number of hydrogen-bond acceptors (Lipinski definition) is 3. The molecular weight excluding hydrogens is 302 g/mol. The van der Waals surface area contributed by atoms with Crippen molar-refractivity contribution in [2.75, 3.05) is 5.32 Å². The second kappa shape index (κ2) is 6.01. The quantitative estimate of drug-likeness (QED) is 0.846. The van der Waals surface area contributed by atoms with Crippen LogP contribution in [0.5, 0.6) is 0 Å². The molecule has 0 atom stereocenters. The molecule has 0 radical (unpaired) electrons. The normalized spacial score (nSPS) is 24.6. The molecule has 1 aliphatic rings. The third kappa shape index (κ3) is 3.32. The van der Waals surface area contributed by atoms with Crippen molar-refractivity contribution in [1.29, 1.82) is 0 Å². The van der Waals surface area contributed by atoms with Crippen LogP contribution in [-0.2, 0) is 0 Å². The number of hydrogen-bond donors (Lipinski definition) is 1. The largest absolute Gasteiger partial charge is 0.366 e. The lowest BCUT2D eigenvalue weighted by molar-refractivity contribution is 0.330. The number of nitrogens with zero attached hydrogens (tertiary/aromatic N) is 2. The zero-order chi connectivity index (χ0) is 12.3. The highest BCUT2D eigenvalue weighted by molar-refractivity contribution is 9.10. The van der Waals surface area contributed by atoms with Gasteiger partial charge in [-0.2, -0.15) is 0 Å². The summed E-state index contributed by atoms with van der Waals surface area (Å²) in [6, 6.07) is 0.514. The van der Waals surface area contributed by atoms with Gasteiger partial charge in [-0.1, -0.05) is 24.9 Å². The van der Waals surface area contributed by atoms with Crippen molar-refractivity contribution in [3.05, 3.63) is 16.0 Å². The van der Waals surface area contributed by atoms with Crippen LogP contribution in [-0.4, -0.2) is 16.0 Å². The molecule has 1 saturated carbocycles. The van der Waals surface area contributed by atoms with Gasteiger partial charge in [0.15, 0.2) is 0 Å². The lowest BCUT2D eigenvalue weighted by atomic mass is 9.84. The summed E-state index contributed by atoms with van der Waals surface area (Å²) in [4.78, 5) is 8.14. The monoisotopic (exact) mass is 317 g/mol. The fourth-order valence-electron chi connectivity index (χ4n) is 2.36. The Hall–Kier alpha value is -0.350. The van der Waals surface area contributed by atoms with Crippen LogP contribution >= 0.6 is 27.5 Å². The molecule has 1 heterocycles. The van der Waals surface area contributed by atoms with Crippen molar-refractivity contribution in [2.24, 2.45) is 5.92 Å². The summed E-state index contributed by atoms with van der Waals surface area (Å²) in [7, 11) is 0. The van der Waals surface area contributed by atoms with Crippen molar-refractivity contribution in [3.8, 4) is 0 Å². The van der Waals surface area contributed by atoms with Crippen molar-refractivity contribution in [1.82, 2.24) is 9.97 Å². The second-order valence-electron chi connectivity index (χ2n) is 4.60. The van der Waals surface area contributed by atoms with Gasteiger partial charge < -0.3 is 5.32 Å². The topological polar surface area (TPSA) is 37.8 Å². The summed E-state index contributed by atoms with van der Waals surface area (Å²) >= 11 is 9.35. The summed E-state index contributed by atoms with van der Waals surface area (Å²) < 4.78 is 0.763. The van der Waals surface area contributed by atoms with Gasteiger partial charge in [-0.05, 0) is 47.5 Å². The number of anilines is 1. The van der Waals surface area contributed by atoms with Gasteiger partial charge in [0.25, 0.3) is 0 Å². The van der Waals surface area contributed by atoms with Gasteiger partial charge in [0.2, 0.25) is 0 Å². The molecule has 17 heavy (non-hydrogen) atoms. The van der Waals surface area contributed by atoms with Gasteiger partial charge in [0.05, 0.1) is 4.47 Å². The summed E-state index contributed by atoms with van der Waals surface area (Å²) in [5, 5.41) is 3.91. The van der Waals surface area contributed by atoms with E-state index in [0.717, 1.165) is 16.2 Å². The first-order valence-corrected chi connectivity index (χ1v) is 7.30. The average Bonchev–Trinajstić information content (AvgIpc) is 2.36. The fraction of sp³-hybridized carbons (Fsp3) is 0.667. The summed E-state index contributed by atoms with van der Waals surface area (Å²) in [5.74, 6) is 1.72. The lowest BCUT2D eigenvalue weighted by Gasteiger charge is -2.29. The maximum absolute atomic E-state index is 5.94. The van der Waals surface area contributed by atoms with Crippen molar-refractivity contribution in [3.63, 3.8) is 0 Å².